The minimum atomic E-state index is -0.0519. The Bertz CT molecular complexity index is 1080. The number of methoxy groups -OCH3 is 2. The first-order chi connectivity index (χ1) is 14.6. The van der Waals surface area contributed by atoms with Gasteiger partial charge in [0.15, 0.2) is 18.1 Å². The van der Waals surface area contributed by atoms with Crippen LogP contribution in [0.4, 0.5) is 0 Å². The molecule has 30 heavy (non-hydrogen) atoms. The Labute approximate surface area is 176 Å². The molecule has 1 aliphatic heterocycles. The van der Waals surface area contributed by atoms with E-state index in [1.54, 1.807) is 19.1 Å². The topological polar surface area (TPSA) is 60.9 Å². The Kier molecular flexibility index (Phi) is 5.57. The largest absolute Gasteiger partial charge is 0.493 e. The van der Waals surface area contributed by atoms with E-state index in [0.717, 1.165) is 28.1 Å². The number of hydrogen-bond acceptors (Lipinski definition) is 5. The van der Waals surface area contributed by atoms with Crippen molar-refractivity contribution in [1.82, 2.24) is 9.88 Å². The smallest absolute Gasteiger partial charge is 0.261 e. The number of aryl methyl sites for hydroxylation is 1. The molecule has 0 atom stereocenters. The highest BCUT2D eigenvalue weighted by molar-refractivity contribution is 5.78. The molecule has 1 amide bonds. The predicted octanol–water partition coefficient (Wildman–Crippen LogP) is 4.00. The van der Waals surface area contributed by atoms with Crippen molar-refractivity contribution in [2.75, 3.05) is 20.8 Å². The molecule has 4 rings (SSSR count). The number of fused-ring (bicyclic) bond motifs is 1. The van der Waals surface area contributed by atoms with E-state index >= 15 is 0 Å². The Morgan fingerprint density at radius 1 is 1.03 bits per heavy atom. The van der Waals surface area contributed by atoms with Crippen LogP contribution in [0.3, 0.4) is 0 Å². The summed E-state index contributed by atoms with van der Waals surface area (Å²) in [4.78, 5) is 19.2. The number of amides is 1. The van der Waals surface area contributed by atoms with Crippen LogP contribution in [-0.4, -0.2) is 36.6 Å². The molecule has 3 aromatic rings. The number of nitrogens with zero attached hydrogens (tertiary/aromatic N) is 2. The number of carbonyl (C=O) groups is 1. The van der Waals surface area contributed by atoms with Crippen molar-refractivity contribution in [2.45, 2.75) is 20.0 Å². The van der Waals surface area contributed by atoms with Crippen molar-refractivity contribution in [1.29, 1.82) is 0 Å². The standard InChI is InChI=1S/C24H24N2O4/c1-16-6-4-5-7-18(16)13-26-14-20-21(30-15-24(26)27)11-9-19(25-20)17-8-10-22(28-2)23(12-17)29-3/h4-12H,13-15H2,1-3H3. The molecule has 0 saturated heterocycles. The zero-order valence-corrected chi connectivity index (χ0v) is 17.3. The molecule has 0 fully saturated rings. The first-order valence-corrected chi connectivity index (χ1v) is 9.76. The van der Waals surface area contributed by atoms with E-state index in [2.05, 4.69) is 13.0 Å². The molecule has 2 heterocycles. The molecule has 1 aliphatic rings. The maximum Gasteiger partial charge on any atom is 0.261 e. The molecule has 2 aromatic carbocycles. The number of aromatic nitrogens is 1. The summed E-state index contributed by atoms with van der Waals surface area (Å²) in [6, 6.07) is 17.5. The fraction of sp³-hybridized carbons (Fsp3) is 0.250. The SMILES string of the molecule is COc1ccc(-c2ccc3c(n2)CN(Cc2ccccc2C)C(=O)CO3)cc1OC. The van der Waals surface area contributed by atoms with Gasteiger partial charge in [0, 0.05) is 12.1 Å². The van der Waals surface area contributed by atoms with Gasteiger partial charge in [-0.15, -0.1) is 0 Å². The molecule has 6 heteroatoms. The van der Waals surface area contributed by atoms with Gasteiger partial charge in [0.2, 0.25) is 0 Å². The molecule has 6 nitrogen and oxygen atoms in total. The van der Waals surface area contributed by atoms with Crippen molar-refractivity contribution in [3.8, 4) is 28.5 Å². The number of carbonyl (C=O) groups excluding carboxylic acids is 1. The number of ether oxygens (including phenoxy) is 3. The summed E-state index contributed by atoms with van der Waals surface area (Å²) in [5.74, 6) is 1.89. The van der Waals surface area contributed by atoms with Gasteiger partial charge in [-0.2, -0.15) is 0 Å². The summed E-state index contributed by atoms with van der Waals surface area (Å²) in [6.07, 6.45) is 0. The average Bonchev–Trinajstić information content (AvgIpc) is 2.93. The summed E-state index contributed by atoms with van der Waals surface area (Å²) in [6.45, 7) is 2.98. The normalized spacial score (nSPS) is 13.3. The van der Waals surface area contributed by atoms with E-state index in [4.69, 9.17) is 19.2 Å². The van der Waals surface area contributed by atoms with Crippen molar-refractivity contribution in [2.24, 2.45) is 0 Å². The lowest BCUT2D eigenvalue weighted by atomic mass is 10.1. The summed E-state index contributed by atoms with van der Waals surface area (Å²) >= 11 is 0. The monoisotopic (exact) mass is 404 g/mol. The van der Waals surface area contributed by atoms with E-state index in [1.807, 2.05) is 48.5 Å². The van der Waals surface area contributed by atoms with Gasteiger partial charge < -0.3 is 19.1 Å². The second kappa shape index (κ2) is 8.45. The fourth-order valence-electron chi connectivity index (χ4n) is 3.53. The van der Waals surface area contributed by atoms with Gasteiger partial charge >= 0.3 is 0 Å². The minimum absolute atomic E-state index is 0.0102. The molecular weight excluding hydrogens is 380 g/mol. The molecule has 0 bridgehead atoms. The van der Waals surface area contributed by atoms with E-state index in [-0.39, 0.29) is 12.5 Å². The van der Waals surface area contributed by atoms with Crippen LogP contribution in [0, 0.1) is 6.92 Å². The van der Waals surface area contributed by atoms with Crippen LogP contribution < -0.4 is 14.2 Å². The van der Waals surface area contributed by atoms with Crippen LogP contribution >= 0.6 is 0 Å². The third-order valence-corrected chi connectivity index (χ3v) is 5.28. The van der Waals surface area contributed by atoms with Crippen molar-refractivity contribution >= 4 is 5.91 Å². The van der Waals surface area contributed by atoms with Gasteiger partial charge in [0.25, 0.3) is 5.91 Å². The molecule has 0 radical (unpaired) electrons. The van der Waals surface area contributed by atoms with Gasteiger partial charge in [0.05, 0.1) is 26.5 Å². The lowest BCUT2D eigenvalue weighted by molar-refractivity contribution is -0.133. The third-order valence-electron chi connectivity index (χ3n) is 5.28. The third kappa shape index (κ3) is 3.94. The minimum Gasteiger partial charge on any atom is -0.493 e. The Morgan fingerprint density at radius 3 is 2.60 bits per heavy atom. The van der Waals surface area contributed by atoms with E-state index in [9.17, 15) is 4.79 Å². The number of hydrogen-bond donors (Lipinski definition) is 0. The molecular formula is C24H24N2O4. The van der Waals surface area contributed by atoms with E-state index in [0.29, 0.717) is 30.3 Å². The Balaban J connectivity index is 1.65. The molecule has 0 unspecified atom stereocenters. The van der Waals surface area contributed by atoms with Gasteiger partial charge in [-0.1, -0.05) is 24.3 Å². The summed E-state index contributed by atoms with van der Waals surface area (Å²) in [7, 11) is 3.21. The molecule has 154 valence electrons. The van der Waals surface area contributed by atoms with Crippen LogP contribution in [0.1, 0.15) is 16.8 Å². The molecule has 0 aliphatic carbocycles. The fourth-order valence-corrected chi connectivity index (χ4v) is 3.53. The van der Waals surface area contributed by atoms with Gasteiger partial charge in [-0.05, 0) is 48.4 Å². The lowest BCUT2D eigenvalue weighted by Gasteiger charge is -2.21. The summed E-state index contributed by atoms with van der Waals surface area (Å²) < 4.78 is 16.5. The van der Waals surface area contributed by atoms with E-state index in [1.165, 1.54) is 0 Å². The van der Waals surface area contributed by atoms with Crippen LogP contribution in [0.25, 0.3) is 11.3 Å². The van der Waals surface area contributed by atoms with Crippen molar-refractivity contribution < 1.29 is 19.0 Å². The molecule has 0 saturated carbocycles. The maximum atomic E-state index is 12.7. The van der Waals surface area contributed by atoms with Crippen molar-refractivity contribution in [3.05, 3.63) is 71.4 Å². The zero-order valence-electron chi connectivity index (χ0n) is 17.3. The predicted molar refractivity (Wildman–Crippen MR) is 114 cm³/mol. The Morgan fingerprint density at radius 2 is 1.83 bits per heavy atom. The second-order valence-electron chi connectivity index (χ2n) is 7.18. The highest BCUT2D eigenvalue weighted by atomic mass is 16.5. The second-order valence-corrected chi connectivity index (χ2v) is 7.18. The van der Waals surface area contributed by atoms with Crippen LogP contribution in [0.15, 0.2) is 54.6 Å². The Hall–Kier alpha value is -3.54. The molecule has 1 aromatic heterocycles. The maximum absolute atomic E-state index is 12.7. The first kappa shape index (κ1) is 19.8. The molecule has 0 N–H and O–H groups in total. The summed E-state index contributed by atoms with van der Waals surface area (Å²) in [5, 5.41) is 0. The number of benzene rings is 2. The quantitative estimate of drug-likeness (QED) is 0.643. The van der Waals surface area contributed by atoms with Gasteiger partial charge in [-0.25, -0.2) is 4.98 Å². The lowest BCUT2D eigenvalue weighted by Crippen LogP contribution is -2.32. The van der Waals surface area contributed by atoms with Crippen LogP contribution in [-0.2, 0) is 17.9 Å². The van der Waals surface area contributed by atoms with Crippen molar-refractivity contribution in [3.63, 3.8) is 0 Å². The highest BCUT2D eigenvalue weighted by Crippen LogP contribution is 2.33. The van der Waals surface area contributed by atoms with Crippen LogP contribution in [0.2, 0.25) is 0 Å². The highest BCUT2D eigenvalue weighted by Gasteiger charge is 2.23. The average molecular weight is 404 g/mol. The summed E-state index contributed by atoms with van der Waals surface area (Å²) in [5.41, 5.74) is 4.69. The molecule has 0 spiro atoms. The zero-order chi connectivity index (χ0) is 21.1. The number of pyridine rings is 1. The first-order valence-electron chi connectivity index (χ1n) is 9.76. The van der Waals surface area contributed by atoms with Gasteiger partial charge in [-0.3, -0.25) is 4.79 Å². The number of rotatable bonds is 5. The van der Waals surface area contributed by atoms with Crippen LogP contribution in [0.5, 0.6) is 17.2 Å². The van der Waals surface area contributed by atoms with E-state index < -0.39 is 0 Å². The van der Waals surface area contributed by atoms with Gasteiger partial charge in [0.1, 0.15) is 11.4 Å².